The van der Waals surface area contributed by atoms with E-state index in [2.05, 4.69) is 83.1 Å². The summed E-state index contributed by atoms with van der Waals surface area (Å²) < 4.78 is 0. The van der Waals surface area contributed by atoms with E-state index in [0.29, 0.717) is 5.70 Å². The topological polar surface area (TPSA) is 60.2 Å². The first-order valence-electron chi connectivity index (χ1n) is 11.8. The van der Waals surface area contributed by atoms with Gasteiger partial charge in [-0.15, -0.1) is 0 Å². The molecule has 0 heterocycles. The van der Waals surface area contributed by atoms with Crippen LogP contribution in [-0.4, -0.2) is 11.6 Å². The van der Waals surface area contributed by atoms with Crippen molar-refractivity contribution in [3.63, 3.8) is 0 Å². The van der Waals surface area contributed by atoms with Gasteiger partial charge in [-0.2, -0.15) is 0 Å². The highest BCUT2D eigenvalue weighted by molar-refractivity contribution is 6.12. The predicted octanol–water partition coefficient (Wildman–Crippen LogP) is 7.18. The molecule has 0 saturated carbocycles. The molecule has 0 saturated heterocycles. The molecule has 3 nitrogen and oxygen atoms in total. The van der Waals surface area contributed by atoms with E-state index in [1.165, 1.54) is 0 Å². The molecule has 0 aromatic rings. The van der Waals surface area contributed by atoms with E-state index in [0.717, 1.165) is 33.4 Å². The molecule has 0 amide bonds. The van der Waals surface area contributed by atoms with Crippen molar-refractivity contribution in [2.45, 2.75) is 83.1 Å². The molecule has 0 aromatic carbocycles. The second kappa shape index (κ2) is 8.42. The monoisotopic (exact) mass is 449 g/mol. The summed E-state index contributed by atoms with van der Waals surface area (Å²) in [6.07, 6.45) is 9.72. The summed E-state index contributed by atoms with van der Waals surface area (Å²) in [4.78, 5) is 26.5. The Morgan fingerprint density at radius 3 is 1.12 bits per heavy atom. The third-order valence-corrected chi connectivity index (χ3v) is 6.09. The fraction of sp³-hybridized carbons (Fsp3) is 0.533. The van der Waals surface area contributed by atoms with Crippen LogP contribution in [0, 0.1) is 21.7 Å². The van der Waals surface area contributed by atoms with E-state index >= 15 is 0 Å². The van der Waals surface area contributed by atoms with E-state index in [9.17, 15) is 9.59 Å². The zero-order valence-electron chi connectivity index (χ0n) is 22.8. The van der Waals surface area contributed by atoms with Crippen molar-refractivity contribution in [2.24, 2.45) is 27.4 Å². The van der Waals surface area contributed by atoms with Gasteiger partial charge >= 0.3 is 0 Å². The minimum atomic E-state index is -0.295. The van der Waals surface area contributed by atoms with Gasteiger partial charge in [0.25, 0.3) is 0 Å². The molecule has 2 rings (SSSR count). The van der Waals surface area contributed by atoms with Gasteiger partial charge in [0.1, 0.15) is 0 Å². The van der Waals surface area contributed by atoms with Gasteiger partial charge in [0, 0.05) is 28.0 Å². The Labute approximate surface area is 201 Å². The third-order valence-electron chi connectivity index (χ3n) is 6.09. The van der Waals surface area contributed by atoms with Gasteiger partial charge in [-0.05, 0) is 63.2 Å². The van der Waals surface area contributed by atoms with Crippen molar-refractivity contribution >= 4 is 11.6 Å². The van der Waals surface area contributed by atoms with Crippen LogP contribution in [-0.2, 0) is 9.59 Å². The molecule has 0 bridgehead atoms. The molecule has 0 spiro atoms. The van der Waals surface area contributed by atoms with Crippen LogP contribution in [0.4, 0.5) is 0 Å². The summed E-state index contributed by atoms with van der Waals surface area (Å²) in [5, 5.41) is 0. The number of allylic oxidation sites excluding steroid dienone is 11. The molecular formula is C30H43NO2. The Bertz CT molecular complexity index is 982. The number of Topliss-reactive ketones (excluding diaryl/α,β-unsaturated/α-hetero) is 2. The minimum absolute atomic E-state index is 0.0901. The quantitative estimate of drug-likeness (QED) is 0.461. The van der Waals surface area contributed by atoms with E-state index in [-0.39, 0.29) is 33.2 Å². The molecule has 180 valence electrons. The molecule has 33 heavy (non-hydrogen) atoms. The van der Waals surface area contributed by atoms with Crippen LogP contribution in [0.1, 0.15) is 83.1 Å². The average Bonchev–Trinajstić information content (AvgIpc) is 2.59. The maximum absolute atomic E-state index is 13.2. The lowest BCUT2D eigenvalue weighted by Crippen LogP contribution is -2.28. The molecule has 0 radical (unpaired) electrons. The number of carbonyl (C=O) groups is 2. The van der Waals surface area contributed by atoms with Crippen LogP contribution < -0.4 is 5.73 Å². The van der Waals surface area contributed by atoms with E-state index < -0.39 is 0 Å². The Hall–Kier alpha value is -2.42. The van der Waals surface area contributed by atoms with E-state index in [1.54, 1.807) is 0 Å². The van der Waals surface area contributed by atoms with Gasteiger partial charge in [-0.25, -0.2) is 0 Å². The Kier molecular flexibility index (Phi) is 6.84. The lowest BCUT2D eigenvalue weighted by atomic mass is 9.71. The van der Waals surface area contributed by atoms with Gasteiger partial charge < -0.3 is 5.73 Å². The molecule has 2 aliphatic carbocycles. The van der Waals surface area contributed by atoms with Crippen molar-refractivity contribution in [3.05, 3.63) is 69.5 Å². The Morgan fingerprint density at radius 1 is 0.576 bits per heavy atom. The number of rotatable bonds is 1. The first-order valence-corrected chi connectivity index (χ1v) is 11.8. The zero-order chi connectivity index (χ0) is 25.7. The molecule has 0 unspecified atom stereocenters. The van der Waals surface area contributed by atoms with Gasteiger partial charge in [0.2, 0.25) is 0 Å². The lowest BCUT2D eigenvalue weighted by Gasteiger charge is -2.32. The van der Waals surface area contributed by atoms with E-state index in [4.69, 9.17) is 5.73 Å². The lowest BCUT2D eigenvalue weighted by molar-refractivity contribution is -0.114. The van der Waals surface area contributed by atoms with Crippen LogP contribution in [0.3, 0.4) is 0 Å². The predicted molar refractivity (Wildman–Crippen MR) is 139 cm³/mol. The molecule has 0 atom stereocenters. The largest absolute Gasteiger partial charge is 0.398 e. The highest BCUT2D eigenvalue weighted by atomic mass is 16.1. The molecule has 0 fully saturated rings. The van der Waals surface area contributed by atoms with Gasteiger partial charge in [0.05, 0.1) is 0 Å². The summed E-state index contributed by atoms with van der Waals surface area (Å²) >= 11 is 0. The molecule has 2 N–H and O–H groups in total. The fourth-order valence-corrected chi connectivity index (χ4v) is 4.02. The summed E-state index contributed by atoms with van der Waals surface area (Å²) in [5.74, 6) is 0.193. The van der Waals surface area contributed by atoms with Crippen molar-refractivity contribution in [2.75, 3.05) is 0 Å². The molecule has 0 aromatic heterocycles. The number of ketones is 2. The second-order valence-corrected chi connectivity index (χ2v) is 13.4. The van der Waals surface area contributed by atoms with Crippen molar-refractivity contribution in [1.82, 2.24) is 0 Å². The third kappa shape index (κ3) is 5.93. The van der Waals surface area contributed by atoms with Crippen LogP contribution in [0.5, 0.6) is 0 Å². The highest BCUT2D eigenvalue weighted by Crippen LogP contribution is 2.41. The maximum Gasteiger partial charge on any atom is 0.186 e. The van der Waals surface area contributed by atoms with E-state index in [1.807, 2.05) is 30.4 Å². The second-order valence-electron chi connectivity index (χ2n) is 13.4. The van der Waals surface area contributed by atoms with Crippen LogP contribution in [0.2, 0.25) is 0 Å². The SMILES string of the molecule is CC(C)(C)C1=CC(=CC(N)=C2C=C(C(C)(C)C)C(=O)C(C(C)(C)C)=C2)C=C(C(C)(C)C)C1=O. The van der Waals surface area contributed by atoms with Crippen molar-refractivity contribution in [3.8, 4) is 0 Å². The number of nitrogens with two attached hydrogens (primary N) is 1. The zero-order valence-corrected chi connectivity index (χ0v) is 22.8. The Morgan fingerprint density at radius 2 is 0.848 bits per heavy atom. The highest BCUT2D eigenvalue weighted by Gasteiger charge is 2.35. The fourth-order valence-electron chi connectivity index (χ4n) is 4.02. The minimum Gasteiger partial charge on any atom is -0.398 e. The summed E-state index contributed by atoms with van der Waals surface area (Å²) in [6.45, 7) is 24.7. The average molecular weight is 450 g/mol. The summed E-state index contributed by atoms with van der Waals surface area (Å²) in [7, 11) is 0. The van der Waals surface area contributed by atoms with Gasteiger partial charge in [-0.3, -0.25) is 9.59 Å². The van der Waals surface area contributed by atoms with Crippen LogP contribution in [0.25, 0.3) is 0 Å². The smallest absolute Gasteiger partial charge is 0.186 e. The van der Waals surface area contributed by atoms with Crippen molar-refractivity contribution in [1.29, 1.82) is 0 Å². The molecular weight excluding hydrogens is 406 g/mol. The number of hydrogen-bond donors (Lipinski definition) is 1. The first kappa shape index (κ1) is 26.8. The van der Waals surface area contributed by atoms with Crippen molar-refractivity contribution < 1.29 is 9.59 Å². The number of carbonyl (C=O) groups excluding carboxylic acids is 2. The number of hydrogen-bond acceptors (Lipinski definition) is 3. The standard InChI is InChI=1S/C30H43NO2/c1-27(2,3)20-13-18(14-21(25(20)32)28(4,5)6)15-24(31)19-16-22(29(7,8)9)26(33)23(17-19)30(10,11)12/h13-17H,31H2,1-12H3. The summed E-state index contributed by atoms with van der Waals surface area (Å²) in [5.41, 5.74) is 10.9. The van der Waals surface area contributed by atoms with Gasteiger partial charge in [-0.1, -0.05) is 83.1 Å². The van der Waals surface area contributed by atoms with Crippen LogP contribution in [0.15, 0.2) is 69.5 Å². The van der Waals surface area contributed by atoms with Gasteiger partial charge in [0.15, 0.2) is 11.6 Å². The molecule has 3 heteroatoms. The molecule has 2 aliphatic rings. The van der Waals surface area contributed by atoms with Crippen LogP contribution >= 0.6 is 0 Å². The normalized spacial score (nSPS) is 18.5. The Balaban J connectivity index is 2.78. The molecule has 0 aliphatic heterocycles. The maximum atomic E-state index is 13.2. The summed E-state index contributed by atoms with van der Waals surface area (Å²) in [6, 6.07) is 0. The first-order chi connectivity index (χ1) is 14.6.